The first kappa shape index (κ1) is 20.6. The molecule has 0 saturated heterocycles. The summed E-state index contributed by atoms with van der Waals surface area (Å²) in [6.45, 7) is 1.72. The first-order valence-electron chi connectivity index (χ1n) is 9.70. The molecule has 32 heavy (non-hydrogen) atoms. The molecule has 0 spiro atoms. The summed E-state index contributed by atoms with van der Waals surface area (Å²) < 4.78 is 7.56. The number of benzene rings is 2. The molecule has 0 fully saturated rings. The number of carbonyl (C=O) groups is 2. The van der Waals surface area contributed by atoms with E-state index < -0.39 is 12.0 Å². The van der Waals surface area contributed by atoms with Crippen LogP contribution in [0.1, 0.15) is 24.1 Å². The van der Waals surface area contributed by atoms with Gasteiger partial charge < -0.3 is 10.1 Å². The van der Waals surface area contributed by atoms with E-state index in [1.807, 2.05) is 36.4 Å². The van der Waals surface area contributed by atoms with Crippen molar-refractivity contribution in [1.29, 1.82) is 0 Å². The minimum Gasteiger partial charge on any atom is -0.466 e. The van der Waals surface area contributed by atoms with E-state index in [9.17, 15) is 14.4 Å². The Morgan fingerprint density at radius 1 is 1.19 bits per heavy atom. The van der Waals surface area contributed by atoms with Gasteiger partial charge in [0.25, 0.3) is 11.5 Å². The maximum atomic E-state index is 13.7. The number of nitrogens with one attached hydrogen (secondary N) is 1. The van der Waals surface area contributed by atoms with Crippen LogP contribution in [0.4, 0.5) is 5.69 Å². The van der Waals surface area contributed by atoms with Crippen molar-refractivity contribution in [2.75, 3.05) is 12.4 Å². The first-order chi connectivity index (χ1) is 15.4. The van der Waals surface area contributed by atoms with E-state index in [1.54, 1.807) is 19.1 Å². The van der Waals surface area contributed by atoms with E-state index in [2.05, 4.69) is 26.2 Å². The predicted octanol–water partition coefficient (Wildman–Crippen LogP) is 2.49. The van der Waals surface area contributed by atoms with Crippen molar-refractivity contribution >= 4 is 50.4 Å². The van der Waals surface area contributed by atoms with Gasteiger partial charge in [-0.3, -0.25) is 14.2 Å². The van der Waals surface area contributed by atoms with E-state index >= 15 is 0 Å². The van der Waals surface area contributed by atoms with Gasteiger partial charge >= 0.3 is 5.97 Å². The highest BCUT2D eigenvalue weighted by atomic mass is 79.9. The van der Waals surface area contributed by atoms with Crippen LogP contribution in [0.15, 0.2) is 74.1 Å². The van der Waals surface area contributed by atoms with Crippen LogP contribution < -0.4 is 20.2 Å². The van der Waals surface area contributed by atoms with E-state index in [4.69, 9.17) is 4.74 Å². The molecule has 0 aliphatic carbocycles. The van der Waals surface area contributed by atoms with Gasteiger partial charge in [-0.25, -0.2) is 9.79 Å². The molecule has 0 radical (unpaired) electrons. The van der Waals surface area contributed by atoms with Crippen molar-refractivity contribution in [3.05, 3.63) is 95.1 Å². The van der Waals surface area contributed by atoms with E-state index in [0.717, 1.165) is 21.4 Å². The number of anilines is 1. The number of carbonyl (C=O) groups excluding carboxylic acids is 2. The van der Waals surface area contributed by atoms with Crippen LogP contribution in [0.25, 0.3) is 5.57 Å². The minimum absolute atomic E-state index is 0.276. The Morgan fingerprint density at radius 2 is 1.94 bits per heavy atom. The largest absolute Gasteiger partial charge is 0.466 e. The Bertz CT molecular complexity index is 1520. The number of hydrogen-bond donors (Lipinski definition) is 1. The Hall–Kier alpha value is -3.30. The number of allylic oxidation sites excluding steroid dienone is 1. The van der Waals surface area contributed by atoms with Gasteiger partial charge in [-0.15, -0.1) is 0 Å². The molecule has 1 aromatic heterocycles. The van der Waals surface area contributed by atoms with Gasteiger partial charge in [0.05, 0.1) is 30.0 Å². The topological polar surface area (TPSA) is 89.8 Å². The second-order valence-corrected chi connectivity index (χ2v) is 9.22. The number of aromatic nitrogens is 1. The maximum Gasteiger partial charge on any atom is 0.338 e. The fourth-order valence-corrected chi connectivity index (χ4v) is 5.56. The molecular formula is C23H16BrN3O4S. The fourth-order valence-electron chi connectivity index (χ4n) is 4.06. The molecule has 2 aliphatic heterocycles. The van der Waals surface area contributed by atoms with Crippen molar-refractivity contribution in [2.45, 2.75) is 13.0 Å². The molecule has 1 amide bonds. The van der Waals surface area contributed by atoms with Crippen LogP contribution in [0, 0.1) is 0 Å². The number of methoxy groups -OCH3 is 1. The van der Waals surface area contributed by atoms with Gasteiger partial charge in [-0.05, 0) is 30.7 Å². The summed E-state index contributed by atoms with van der Waals surface area (Å²) in [5, 5.41) is 2.82. The van der Waals surface area contributed by atoms with Crippen LogP contribution in [-0.2, 0) is 14.3 Å². The van der Waals surface area contributed by atoms with Crippen LogP contribution in [0.2, 0.25) is 0 Å². The monoisotopic (exact) mass is 509 g/mol. The third-order valence-electron chi connectivity index (χ3n) is 5.47. The molecule has 0 saturated carbocycles. The van der Waals surface area contributed by atoms with Crippen LogP contribution in [0.5, 0.6) is 0 Å². The highest BCUT2D eigenvalue weighted by Gasteiger charge is 2.34. The summed E-state index contributed by atoms with van der Waals surface area (Å²) in [4.78, 5) is 44.2. The van der Waals surface area contributed by atoms with Crippen molar-refractivity contribution in [3.63, 3.8) is 0 Å². The second-order valence-electron chi connectivity index (χ2n) is 7.32. The lowest BCUT2D eigenvalue weighted by Crippen LogP contribution is -2.40. The quantitative estimate of drug-likeness (QED) is 0.537. The Morgan fingerprint density at radius 3 is 2.66 bits per heavy atom. The molecule has 3 heterocycles. The summed E-state index contributed by atoms with van der Waals surface area (Å²) in [5.41, 5.74) is 2.73. The summed E-state index contributed by atoms with van der Waals surface area (Å²) in [7, 11) is 1.30. The molecule has 160 valence electrons. The van der Waals surface area contributed by atoms with Gasteiger partial charge in [-0.1, -0.05) is 57.6 Å². The second kappa shape index (κ2) is 7.68. The summed E-state index contributed by atoms with van der Waals surface area (Å²) >= 11 is 4.57. The number of nitrogens with zero attached hydrogens (tertiary/aromatic N) is 2. The van der Waals surface area contributed by atoms with Crippen molar-refractivity contribution < 1.29 is 14.3 Å². The zero-order chi connectivity index (χ0) is 22.6. The number of esters is 1. The molecule has 2 aromatic carbocycles. The van der Waals surface area contributed by atoms with Gasteiger partial charge in [0, 0.05) is 15.7 Å². The minimum atomic E-state index is -0.708. The number of rotatable bonds is 2. The lowest BCUT2D eigenvalue weighted by molar-refractivity contribution is -0.136. The highest BCUT2D eigenvalue weighted by Crippen LogP contribution is 2.33. The van der Waals surface area contributed by atoms with Crippen LogP contribution in [0.3, 0.4) is 0 Å². The Balaban J connectivity index is 1.85. The number of halogens is 1. The van der Waals surface area contributed by atoms with E-state index in [1.165, 1.54) is 11.7 Å². The molecule has 7 nitrogen and oxygen atoms in total. The summed E-state index contributed by atoms with van der Waals surface area (Å²) in [6, 6.07) is 14.0. The molecule has 0 bridgehead atoms. The molecule has 2 aliphatic rings. The van der Waals surface area contributed by atoms with E-state index in [0.29, 0.717) is 32.9 Å². The van der Waals surface area contributed by atoms with Crippen molar-refractivity contribution in [3.8, 4) is 0 Å². The number of ether oxygens (including phenoxy) is 1. The lowest BCUT2D eigenvalue weighted by Gasteiger charge is -2.24. The SMILES string of the molecule is COC(=O)C1=C(C)N=c2sc(=C3C(=O)Nc4ccc(Br)cc43)c(=O)n2C1c1ccccc1. The van der Waals surface area contributed by atoms with Crippen molar-refractivity contribution in [2.24, 2.45) is 4.99 Å². The molecule has 1 atom stereocenters. The molecule has 9 heteroatoms. The first-order valence-corrected chi connectivity index (χ1v) is 11.3. The Kier molecular flexibility index (Phi) is 4.94. The summed E-state index contributed by atoms with van der Waals surface area (Å²) in [6.07, 6.45) is 0. The molecular weight excluding hydrogens is 494 g/mol. The highest BCUT2D eigenvalue weighted by molar-refractivity contribution is 9.10. The Labute approximate surface area is 194 Å². The van der Waals surface area contributed by atoms with Gasteiger partial charge in [0.2, 0.25) is 0 Å². The molecule has 1 N–H and O–H groups in total. The summed E-state index contributed by atoms with van der Waals surface area (Å²) in [5.74, 6) is -0.894. The predicted molar refractivity (Wildman–Crippen MR) is 124 cm³/mol. The van der Waals surface area contributed by atoms with Gasteiger partial charge in [0.15, 0.2) is 4.80 Å². The van der Waals surface area contributed by atoms with Crippen LogP contribution >= 0.6 is 27.3 Å². The van der Waals surface area contributed by atoms with Crippen molar-refractivity contribution in [1.82, 2.24) is 4.57 Å². The number of fused-ring (bicyclic) bond motifs is 2. The third-order valence-corrected chi connectivity index (χ3v) is 7.02. The zero-order valence-corrected chi connectivity index (χ0v) is 19.4. The smallest absolute Gasteiger partial charge is 0.338 e. The normalized spacial score (nSPS) is 18.6. The van der Waals surface area contributed by atoms with Crippen LogP contribution in [-0.4, -0.2) is 23.6 Å². The molecule has 1 unspecified atom stereocenters. The number of hydrogen-bond acceptors (Lipinski definition) is 6. The van der Waals surface area contributed by atoms with Gasteiger partial charge in [-0.2, -0.15) is 0 Å². The molecule has 5 rings (SSSR count). The lowest BCUT2D eigenvalue weighted by atomic mass is 9.96. The standard InChI is InChI=1S/C23H16BrN3O4S/c1-11-16(22(30)31-2)18(12-6-4-3-5-7-12)27-21(29)19(32-23(27)25-11)17-14-10-13(24)8-9-15(14)26-20(17)28/h3-10,18H,1-2H3,(H,26,28). The number of amides is 1. The fraction of sp³-hybridized carbons (Fsp3) is 0.130. The maximum absolute atomic E-state index is 13.7. The average Bonchev–Trinajstić information content (AvgIpc) is 3.27. The van der Waals surface area contributed by atoms with E-state index in [-0.39, 0.29) is 16.0 Å². The zero-order valence-electron chi connectivity index (χ0n) is 17.0. The van der Waals surface area contributed by atoms with Gasteiger partial charge in [0.1, 0.15) is 4.53 Å². The molecule has 3 aromatic rings. The average molecular weight is 510 g/mol. The third kappa shape index (κ3) is 3.08. The number of thiazole rings is 1.